The van der Waals surface area contributed by atoms with E-state index in [0.717, 1.165) is 16.4 Å². The summed E-state index contributed by atoms with van der Waals surface area (Å²) in [6.45, 7) is 2.42. The van der Waals surface area contributed by atoms with Gasteiger partial charge in [-0.2, -0.15) is 0 Å². The zero-order valence-electron chi connectivity index (χ0n) is 11.3. The minimum absolute atomic E-state index is 0.0747. The van der Waals surface area contributed by atoms with E-state index in [1.54, 1.807) is 11.3 Å². The van der Waals surface area contributed by atoms with Gasteiger partial charge in [-0.15, -0.1) is 11.3 Å². The van der Waals surface area contributed by atoms with Gasteiger partial charge in [0.2, 0.25) is 0 Å². The fraction of sp³-hybridized carbons (Fsp3) is 0.286. The van der Waals surface area contributed by atoms with E-state index in [0.29, 0.717) is 12.1 Å². The number of benzene rings is 1. The molecule has 0 spiro atoms. The second-order valence-corrected chi connectivity index (χ2v) is 5.55. The molecule has 0 unspecified atom stereocenters. The predicted octanol–water partition coefficient (Wildman–Crippen LogP) is 2.45. The summed E-state index contributed by atoms with van der Waals surface area (Å²) in [5, 5.41) is 5.86. The van der Waals surface area contributed by atoms with Crippen molar-refractivity contribution in [2.45, 2.75) is 13.5 Å². The first-order valence-electron chi connectivity index (χ1n) is 6.03. The average Bonchev–Trinajstić information content (AvgIpc) is 2.82. The molecular formula is C14H17N3OS. The van der Waals surface area contributed by atoms with Crippen molar-refractivity contribution in [2.75, 3.05) is 19.0 Å². The second kappa shape index (κ2) is 5.84. The number of anilines is 1. The lowest BCUT2D eigenvalue weighted by molar-refractivity contribution is 0.0950. The van der Waals surface area contributed by atoms with E-state index in [4.69, 9.17) is 0 Å². The Kier molecular flexibility index (Phi) is 4.16. The standard InChI is InChI=1S/C14H17N3OS/c1-10-16-12(9-19-10)8-15-14(18)11-5-4-6-13(7-11)17(2)3/h4-7,9H,8H2,1-3H3,(H,15,18). The van der Waals surface area contributed by atoms with Gasteiger partial charge in [0.15, 0.2) is 0 Å². The van der Waals surface area contributed by atoms with E-state index < -0.39 is 0 Å². The Morgan fingerprint density at radius 2 is 2.21 bits per heavy atom. The first kappa shape index (κ1) is 13.5. The Hall–Kier alpha value is -1.88. The van der Waals surface area contributed by atoms with Crippen LogP contribution in [0.1, 0.15) is 21.1 Å². The van der Waals surface area contributed by atoms with E-state index in [-0.39, 0.29) is 5.91 Å². The zero-order chi connectivity index (χ0) is 13.8. The number of nitrogens with one attached hydrogen (secondary N) is 1. The molecule has 0 saturated carbocycles. The van der Waals surface area contributed by atoms with Gasteiger partial charge < -0.3 is 10.2 Å². The van der Waals surface area contributed by atoms with Gasteiger partial charge in [0.05, 0.1) is 17.2 Å². The number of amides is 1. The number of thiazole rings is 1. The molecule has 0 atom stereocenters. The molecule has 0 aliphatic heterocycles. The molecule has 100 valence electrons. The molecule has 0 saturated heterocycles. The zero-order valence-corrected chi connectivity index (χ0v) is 12.1. The SMILES string of the molecule is Cc1nc(CNC(=O)c2cccc(N(C)C)c2)cs1. The molecule has 1 aromatic heterocycles. The monoisotopic (exact) mass is 275 g/mol. The van der Waals surface area contributed by atoms with Crippen LogP contribution in [-0.2, 0) is 6.54 Å². The van der Waals surface area contributed by atoms with Crippen molar-refractivity contribution in [3.63, 3.8) is 0 Å². The Morgan fingerprint density at radius 1 is 1.42 bits per heavy atom. The quantitative estimate of drug-likeness (QED) is 0.932. The molecule has 1 N–H and O–H groups in total. The van der Waals surface area contributed by atoms with Crippen LogP contribution < -0.4 is 10.2 Å². The average molecular weight is 275 g/mol. The van der Waals surface area contributed by atoms with Gasteiger partial charge in [0.25, 0.3) is 5.91 Å². The first-order chi connectivity index (χ1) is 9.06. The fourth-order valence-electron chi connectivity index (χ4n) is 1.69. The maximum absolute atomic E-state index is 12.0. The second-order valence-electron chi connectivity index (χ2n) is 4.49. The lowest BCUT2D eigenvalue weighted by Crippen LogP contribution is -2.23. The van der Waals surface area contributed by atoms with Crippen molar-refractivity contribution in [1.82, 2.24) is 10.3 Å². The molecular weight excluding hydrogens is 258 g/mol. The van der Waals surface area contributed by atoms with E-state index >= 15 is 0 Å². The van der Waals surface area contributed by atoms with Crippen LogP contribution >= 0.6 is 11.3 Å². The summed E-state index contributed by atoms with van der Waals surface area (Å²) in [6, 6.07) is 7.55. The van der Waals surface area contributed by atoms with Crippen molar-refractivity contribution in [3.8, 4) is 0 Å². The summed E-state index contributed by atoms with van der Waals surface area (Å²) in [4.78, 5) is 18.3. The lowest BCUT2D eigenvalue weighted by Gasteiger charge is -2.13. The highest BCUT2D eigenvalue weighted by Gasteiger charge is 2.07. The summed E-state index contributed by atoms with van der Waals surface area (Å²) >= 11 is 1.59. The molecule has 1 amide bonds. The van der Waals surface area contributed by atoms with Crippen molar-refractivity contribution in [1.29, 1.82) is 0 Å². The molecule has 2 rings (SSSR count). The number of aryl methyl sites for hydroxylation is 1. The van der Waals surface area contributed by atoms with Crippen LogP contribution in [0.2, 0.25) is 0 Å². The predicted molar refractivity (Wildman–Crippen MR) is 78.8 cm³/mol. The van der Waals surface area contributed by atoms with Crippen molar-refractivity contribution in [3.05, 3.63) is 45.9 Å². The smallest absolute Gasteiger partial charge is 0.251 e. The Labute approximate surface area is 117 Å². The minimum Gasteiger partial charge on any atom is -0.378 e. The highest BCUT2D eigenvalue weighted by molar-refractivity contribution is 7.09. The van der Waals surface area contributed by atoms with Crippen molar-refractivity contribution in [2.24, 2.45) is 0 Å². The van der Waals surface area contributed by atoms with Crippen LogP contribution in [-0.4, -0.2) is 25.0 Å². The number of hydrogen-bond donors (Lipinski definition) is 1. The van der Waals surface area contributed by atoms with Crippen LogP contribution in [0.4, 0.5) is 5.69 Å². The van der Waals surface area contributed by atoms with Gasteiger partial charge in [-0.3, -0.25) is 4.79 Å². The van der Waals surface area contributed by atoms with Gasteiger partial charge in [-0.1, -0.05) is 6.07 Å². The van der Waals surface area contributed by atoms with Crippen molar-refractivity contribution < 1.29 is 4.79 Å². The Morgan fingerprint density at radius 3 is 2.84 bits per heavy atom. The number of rotatable bonds is 4. The maximum atomic E-state index is 12.0. The number of nitrogens with zero attached hydrogens (tertiary/aromatic N) is 2. The van der Waals surface area contributed by atoms with Crippen LogP contribution in [0.25, 0.3) is 0 Å². The lowest BCUT2D eigenvalue weighted by atomic mass is 10.2. The molecule has 5 heteroatoms. The highest BCUT2D eigenvalue weighted by atomic mass is 32.1. The van der Waals surface area contributed by atoms with Crippen LogP contribution in [0.3, 0.4) is 0 Å². The molecule has 0 aliphatic carbocycles. The third kappa shape index (κ3) is 3.54. The molecule has 1 aromatic carbocycles. The molecule has 2 aromatic rings. The van der Waals surface area contributed by atoms with Gasteiger partial charge in [0, 0.05) is 30.7 Å². The van der Waals surface area contributed by atoms with Crippen LogP contribution in [0, 0.1) is 6.92 Å². The highest BCUT2D eigenvalue weighted by Crippen LogP contribution is 2.13. The largest absolute Gasteiger partial charge is 0.378 e. The fourth-order valence-corrected chi connectivity index (χ4v) is 2.30. The summed E-state index contributed by atoms with van der Waals surface area (Å²) < 4.78 is 0. The Bertz CT molecular complexity index is 578. The summed E-state index contributed by atoms with van der Waals surface area (Å²) in [5.74, 6) is -0.0747. The van der Waals surface area contributed by atoms with E-state index in [1.165, 1.54) is 0 Å². The first-order valence-corrected chi connectivity index (χ1v) is 6.91. The number of carbonyl (C=O) groups excluding carboxylic acids is 1. The molecule has 0 fully saturated rings. The topological polar surface area (TPSA) is 45.2 Å². The maximum Gasteiger partial charge on any atom is 0.251 e. The summed E-state index contributed by atoms with van der Waals surface area (Å²) in [5.41, 5.74) is 2.58. The summed E-state index contributed by atoms with van der Waals surface area (Å²) in [7, 11) is 3.91. The minimum atomic E-state index is -0.0747. The van der Waals surface area contributed by atoms with Crippen molar-refractivity contribution >= 4 is 22.9 Å². The third-order valence-electron chi connectivity index (χ3n) is 2.72. The third-order valence-corrected chi connectivity index (χ3v) is 3.54. The van der Waals surface area contributed by atoms with Gasteiger partial charge >= 0.3 is 0 Å². The summed E-state index contributed by atoms with van der Waals surface area (Å²) in [6.07, 6.45) is 0. The van der Waals surface area contributed by atoms with Gasteiger partial charge in [0.1, 0.15) is 0 Å². The van der Waals surface area contributed by atoms with Gasteiger partial charge in [-0.25, -0.2) is 4.98 Å². The molecule has 1 heterocycles. The van der Waals surface area contributed by atoms with Crippen LogP contribution in [0.5, 0.6) is 0 Å². The van der Waals surface area contributed by atoms with E-state index in [2.05, 4.69) is 10.3 Å². The molecule has 0 bridgehead atoms. The number of hydrogen-bond acceptors (Lipinski definition) is 4. The molecule has 4 nitrogen and oxygen atoms in total. The van der Waals surface area contributed by atoms with Gasteiger partial charge in [-0.05, 0) is 25.1 Å². The molecule has 0 aliphatic rings. The molecule has 0 radical (unpaired) electrons. The number of carbonyl (C=O) groups is 1. The normalized spacial score (nSPS) is 10.3. The molecule has 19 heavy (non-hydrogen) atoms. The van der Waals surface area contributed by atoms with E-state index in [9.17, 15) is 4.79 Å². The number of aromatic nitrogens is 1. The van der Waals surface area contributed by atoms with E-state index in [1.807, 2.05) is 55.6 Å². The van der Waals surface area contributed by atoms with Crippen LogP contribution in [0.15, 0.2) is 29.6 Å². The Balaban J connectivity index is 2.01.